The van der Waals surface area contributed by atoms with E-state index < -0.39 is 6.10 Å². The second-order valence-electron chi connectivity index (χ2n) is 4.99. The molecule has 3 atom stereocenters. The van der Waals surface area contributed by atoms with Crippen LogP contribution in [0, 0.1) is 5.92 Å². The summed E-state index contributed by atoms with van der Waals surface area (Å²) in [5.41, 5.74) is 0.954. The molecule has 0 spiro atoms. The Hall–Kier alpha value is -0.610. The first-order valence-corrected chi connectivity index (χ1v) is 6.77. The van der Waals surface area contributed by atoms with Crippen LogP contribution >= 0.6 is 11.6 Å². The van der Waals surface area contributed by atoms with Gasteiger partial charge < -0.3 is 15.2 Å². The van der Waals surface area contributed by atoms with Gasteiger partial charge in [-0.25, -0.2) is 0 Å². The Kier molecular flexibility index (Phi) is 5.01. The molecule has 0 heterocycles. The van der Waals surface area contributed by atoms with Crippen LogP contribution in [0.1, 0.15) is 18.9 Å². The van der Waals surface area contributed by atoms with Crippen LogP contribution in [0.2, 0.25) is 5.02 Å². The number of halogens is 1. The van der Waals surface area contributed by atoms with Crippen LogP contribution in [0.3, 0.4) is 0 Å². The molecule has 2 N–H and O–H groups in total. The molecular formula is C14H20ClNO2. The minimum Gasteiger partial charge on any atom is -0.389 e. The number of aliphatic hydroxyl groups is 1. The van der Waals surface area contributed by atoms with Gasteiger partial charge in [0.1, 0.15) is 0 Å². The molecule has 0 radical (unpaired) electrons. The molecular weight excluding hydrogens is 250 g/mol. The zero-order chi connectivity index (χ0) is 13.0. The summed E-state index contributed by atoms with van der Waals surface area (Å²) < 4.78 is 5.47. The fourth-order valence-corrected chi connectivity index (χ4v) is 2.06. The lowest BCUT2D eigenvalue weighted by Gasteiger charge is -2.12. The Labute approximate surface area is 113 Å². The van der Waals surface area contributed by atoms with Gasteiger partial charge in [0.25, 0.3) is 0 Å². The van der Waals surface area contributed by atoms with Crippen LogP contribution < -0.4 is 5.32 Å². The molecule has 0 saturated heterocycles. The van der Waals surface area contributed by atoms with Crippen molar-refractivity contribution in [3.63, 3.8) is 0 Å². The lowest BCUT2D eigenvalue weighted by Crippen LogP contribution is -2.32. The Morgan fingerprint density at radius 2 is 2.22 bits per heavy atom. The molecule has 18 heavy (non-hydrogen) atoms. The molecule has 0 aromatic heterocycles. The number of hydrogen-bond acceptors (Lipinski definition) is 3. The molecule has 4 heteroatoms. The quantitative estimate of drug-likeness (QED) is 0.798. The third-order valence-corrected chi connectivity index (χ3v) is 3.62. The van der Waals surface area contributed by atoms with Gasteiger partial charge in [-0.15, -0.1) is 0 Å². The highest BCUT2D eigenvalue weighted by Gasteiger charge is 2.32. The van der Waals surface area contributed by atoms with Crippen LogP contribution in [0.15, 0.2) is 24.3 Å². The maximum Gasteiger partial charge on any atom is 0.0897 e. The number of nitrogens with one attached hydrogen (secondary N) is 1. The maximum absolute atomic E-state index is 9.74. The molecule has 0 amide bonds. The Morgan fingerprint density at radius 3 is 2.89 bits per heavy atom. The van der Waals surface area contributed by atoms with Crippen molar-refractivity contribution in [2.45, 2.75) is 32.1 Å². The van der Waals surface area contributed by atoms with E-state index in [0.717, 1.165) is 11.5 Å². The van der Waals surface area contributed by atoms with Crippen molar-refractivity contribution in [1.82, 2.24) is 5.32 Å². The van der Waals surface area contributed by atoms with Crippen LogP contribution in [-0.4, -0.2) is 30.4 Å². The smallest absolute Gasteiger partial charge is 0.0897 e. The van der Waals surface area contributed by atoms with E-state index in [1.807, 2.05) is 24.3 Å². The van der Waals surface area contributed by atoms with Crippen molar-refractivity contribution in [3.05, 3.63) is 34.9 Å². The minimum atomic E-state index is -0.458. The lowest BCUT2D eigenvalue weighted by atomic mass is 10.2. The highest BCUT2D eigenvalue weighted by Crippen LogP contribution is 2.28. The van der Waals surface area contributed by atoms with Crippen molar-refractivity contribution >= 4 is 11.6 Å². The predicted octanol–water partition coefficient (Wildman–Crippen LogP) is 2.22. The van der Waals surface area contributed by atoms with Gasteiger partial charge in [-0.1, -0.05) is 36.7 Å². The van der Waals surface area contributed by atoms with Gasteiger partial charge in [0.2, 0.25) is 0 Å². The number of ether oxygens (including phenoxy) is 1. The van der Waals surface area contributed by atoms with Crippen molar-refractivity contribution in [1.29, 1.82) is 0 Å². The highest BCUT2D eigenvalue weighted by atomic mass is 35.5. The standard InChI is InChI=1S/C14H20ClNO2/c1-10-6-14(10)16-7-12(17)9-18-8-11-4-2-3-5-13(11)15/h2-5,10,12,14,16-17H,6-9H2,1H3. The van der Waals surface area contributed by atoms with Crippen LogP contribution in [0.5, 0.6) is 0 Å². The average molecular weight is 270 g/mol. The molecule has 3 unspecified atom stereocenters. The Morgan fingerprint density at radius 1 is 1.50 bits per heavy atom. The van der Waals surface area contributed by atoms with Crippen molar-refractivity contribution in [3.8, 4) is 0 Å². The SMILES string of the molecule is CC1CC1NCC(O)COCc1ccccc1Cl. The summed E-state index contributed by atoms with van der Waals surface area (Å²) in [6, 6.07) is 8.17. The predicted molar refractivity (Wildman–Crippen MR) is 72.7 cm³/mol. The van der Waals surface area contributed by atoms with E-state index in [1.54, 1.807) is 0 Å². The fourth-order valence-electron chi connectivity index (χ4n) is 1.87. The molecule has 1 aliphatic carbocycles. The molecule has 1 aromatic rings. The van der Waals surface area contributed by atoms with E-state index in [0.29, 0.717) is 30.8 Å². The number of hydrogen-bond donors (Lipinski definition) is 2. The molecule has 1 aromatic carbocycles. The number of benzene rings is 1. The lowest BCUT2D eigenvalue weighted by molar-refractivity contribution is 0.0286. The largest absolute Gasteiger partial charge is 0.389 e. The normalized spacial score (nSPS) is 23.9. The second-order valence-corrected chi connectivity index (χ2v) is 5.40. The van der Waals surface area contributed by atoms with E-state index >= 15 is 0 Å². The third-order valence-electron chi connectivity index (χ3n) is 3.25. The number of rotatable bonds is 7. The molecule has 1 aliphatic rings. The summed E-state index contributed by atoms with van der Waals surface area (Å²) in [7, 11) is 0. The van der Waals surface area contributed by atoms with E-state index in [1.165, 1.54) is 6.42 Å². The van der Waals surface area contributed by atoms with Gasteiger partial charge in [0.15, 0.2) is 0 Å². The summed E-state index contributed by atoms with van der Waals surface area (Å²) in [5, 5.41) is 13.8. The average Bonchev–Trinajstić information content (AvgIpc) is 3.05. The van der Waals surface area contributed by atoms with Crippen molar-refractivity contribution in [2.24, 2.45) is 5.92 Å². The Bertz CT molecular complexity index is 386. The summed E-state index contributed by atoms with van der Waals surface area (Å²) >= 11 is 6.01. The molecule has 1 saturated carbocycles. The first-order valence-electron chi connectivity index (χ1n) is 6.39. The highest BCUT2D eigenvalue weighted by molar-refractivity contribution is 6.31. The van der Waals surface area contributed by atoms with Gasteiger partial charge in [-0.05, 0) is 24.0 Å². The molecule has 1 fully saturated rings. The fraction of sp³-hybridized carbons (Fsp3) is 0.571. The summed E-state index contributed by atoms with van der Waals surface area (Å²) in [6.45, 7) is 3.57. The molecule has 100 valence electrons. The monoisotopic (exact) mass is 269 g/mol. The van der Waals surface area contributed by atoms with E-state index in [4.69, 9.17) is 16.3 Å². The van der Waals surface area contributed by atoms with Crippen LogP contribution in [0.25, 0.3) is 0 Å². The maximum atomic E-state index is 9.74. The topological polar surface area (TPSA) is 41.5 Å². The Balaban J connectivity index is 1.61. The van der Waals surface area contributed by atoms with Gasteiger partial charge in [0, 0.05) is 17.6 Å². The first kappa shape index (κ1) is 13.8. The molecule has 2 rings (SSSR count). The second kappa shape index (κ2) is 6.53. The van der Waals surface area contributed by atoms with E-state index in [2.05, 4.69) is 12.2 Å². The van der Waals surface area contributed by atoms with Gasteiger partial charge in [-0.2, -0.15) is 0 Å². The molecule has 0 aliphatic heterocycles. The van der Waals surface area contributed by atoms with Gasteiger partial charge in [0.05, 0.1) is 19.3 Å². The summed E-state index contributed by atoms with van der Waals surface area (Å²) in [4.78, 5) is 0. The van der Waals surface area contributed by atoms with Crippen molar-refractivity contribution in [2.75, 3.05) is 13.2 Å². The summed E-state index contributed by atoms with van der Waals surface area (Å²) in [6.07, 6.45) is 0.757. The van der Waals surface area contributed by atoms with E-state index in [9.17, 15) is 5.11 Å². The zero-order valence-electron chi connectivity index (χ0n) is 10.6. The summed E-state index contributed by atoms with van der Waals surface area (Å²) in [5.74, 6) is 0.751. The van der Waals surface area contributed by atoms with E-state index in [-0.39, 0.29) is 0 Å². The molecule has 3 nitrogen and oxygen atoms in total. The van der Waals surface area contributed by atoms with Gasteiger partial charge in [-0.3, -0.25) is 0 Å². The zero-order valence-corrected chi connectivity index (χ0v) is 11.4. The number of aliphatic hydroxyl groups excluding tert-OH is 1. The third kappa shape index (κ3) is 4.25. The van der Waals surface area contributed by atoms with Crippen LogP contribution in [0.4, 0.5) is 0 Å². The molecule has 0 bridgehead atoms. The minimum absolute atomic E-state index is 0.333. The van der Waals surface area contributed by atoms with Crippen LogP contribution in [-0.2, 0) is 11.3 Å². The van der Waals surface area contributed by atoms with Gasteiger partial charge >= 0.3 is 0 Å². The first-order chi connectivity index (χ1) is 8.66. The van der Waals surface area contributed by atoms with Crippen molar-refractivity contribution < 1.29 is 9.84 Å².